The highest BCUT2D eigenvalue weighted by Gasteiger charge is 2.45. The topological polar surface area (TPSA) is 135 Å². The number of rotatable bonds is 5. The summed E-state index contributed by atoms with van der Waals surface area (Å²) in [5, 5.41) is 21.3. The third-order valence-electron chi connectivity index (χ3n) is 5.78. The summed E-state index contributed by atoms with van der Waals surface area (Å²) in [6.45, 7) is 1.89. The van der Waals surface area contributed by atoms with Crippen molar-refractivity contribution in [3.05, 3.63) is 39.6 Å². The molecule has 4 N–H and O–H groups in total. The highest BCUT2D eigenvalue weighted by Crippen LogP contribution is 2.39. The van der Waals surface area contributed by atoms with E-state index >= 15 is 0 Å². The lowest BCUT2D eigenvalue weighted by Gasteiger charge is -2.19. The van der Waals surface area contributed by atoms with Crippen LogP contribution >= 0.6 is 27.5 Å². The number of nitriles is 1. The van der Waals surface area contributed by atoms with Crippen molar-refractivity contribution in [1.29, 1.82) is 5.26 Å². The maximum atomic E-state index is 12.2. The summed E-state index contributed by atoms with van der Waals surface area (Å²) in [5.41, 5.74) is 7.21. The first-order valence-corrected chi connectivity index (χ1v) is 11.3. The Bertz CT molecular complexity index is 1240. The van der Waals surface area contributed by atoms with Crippen LogP contribution in [0.3, 0.4) is 0 Å². The zero-order valence-corrected chi connectivity index (χ0v) is 19.9. The van der Waals surface area contributed by atoms with Crippen molar-refractivity contribution in [1.82, 2.24) is 25.1 Å². The molecule has 0 saturated heterocycles. The summed E-state index contributed by atoms with van der Waals surface area (Å²) in [4.78, 5) is 21.3. The van der Waals surface area contributed by atoms with Crippen molar-refractivity contribution >= 4 is 50.4 Å². The molecule has 1 amide bonds. The quantitative estimate of drug-likeness (QED) is 0.471. The van der Waals surface area contributed by atoms with E-state index in [1.54, 1.807) is 24.0 Å². The predicted molar refractivity (Wildman–Crippen MR) is 125 cm³/mol. The normalized spacial score (nSPS) is 21.3. The van der Waals surface area contributed by atoms with Gasteiger partial charge in [0.15, 0.2) is 5.65 Å². The van der Waals surface area contributed by atoms with Gasteiger partial charge in [-0.3, -0.25) is 4.79 Å². The Kier molecular flexibility index (Phi) is 6.07. The number of halogens is 2. The molecule has 1 saturated carbocycles. The molecule has 11 heteroatoms. The minimum Gasteiger partial charge on any atom is -0.358 e. The number of carbonyl (C=O) groups excluding carboxylic acids is 1. The number of amides is 1. The molecule has 1 aromatic carbocycles. The van der Waals surface area contributed by atoms with Gasteiger partial charge in [-0.1, -0.05) is 11.6 Å². The highest BCUT2D eigenvalue weighted by atomic mass is 79.9. The largest absolute Gasteiger partial charge is 0.358 e. The molecule has 0 bridgehead atoms. The van der Waals surface area contributed by atoms with E-state index in [9.17, 15) is 10.1 Å². The zero-order chi connectivity index (χ0) is 23.0. The van der Waals surface area contributed by atoms with E-state index in [2.05, 4.69) is 47.7 Å². The van der Waals surface area contributed by atoms with E-state index in [1.807, 2.05) is 19.1 Å². The standard InChI is InChI=1S/C21H22BrClN8O/c1-11(25)12-5-13(23)7-15(6-12)31-18-16(17(22)30-31)9-27-20(29-18)28-14-3-4-21(8-14,10-24)19(32)26-2/h5-7,9,11,14H,3-4,8,25H2,1-2H3,(H,26,32)(H,27,28,29)/t11?,14-,21?/m1/s1. The van der Waals surface area contributed by atoms with Crippen LogP contribution in [0.15, 0.2) is 29.0 Å². The molecule has 1 aliphatic rings. The van der Waals surface area contributed by atoms with E-state index in [0.717, 1.165) is 16.6 Å². The molecule has 2 heterocycles. The summed E-state index contributed by atoms with van der Waals surface area (Å²) in [6, 6.07) is 7.45. The maximum absolute atomic E-state index is 12.2. The van der Waals surface area contributed by atoms with Gasteiger partial charge in [-0.2, -0.15) is 15.3 Å². The average molecular weight is 518 g/mol. The van der Waals surface area contributed by atoms with E-state index < -0.39 is 5.41 Å². The van der Waals surface area contributed by atoms with Crippen molar-refractivity contribution in [3.8, 4) is 11.8 Å². The first kappa shape index (κ1) is 22.5. The van der Waals surface area contributed by atoms with Crippen molar-refractivity contribution in [3.63, 3.8) is 0 Å². The van der Waals surface area contributed by atoms with Crippen molar-refractivity contribution in [2.24, 2.45) is 11.1 Å². The maximum Gasteiger partial charge on any atom is 0.240 e. The van der Waals surface area contributed by atoms with Crippen LogP contribution in [-0.2, 0) is 4.79 Å². The molecule has 0 aliphatic heterocycles. The number of fused-ring (bicyclic) bond motifs is 1. The monoisotopic (exact) mass is 516 g/mol. The van der Waals surface area contributed by atoms with Gasteiger partial charge in [0.2, 0.25) is 11.9 Å². The van der Waals surface area contributed by atoms with Crippen LogP contribution in [0.25, 0.3) is 16.7 Å². The summed E-state index contributed by atoms with van der Waals surface area (Å²) in [6.07, 6.45) is 3.21. The second kappa shape index (κ2) is 8.65. The molecule has 3 atom stereocenters. The molecular weight excluding hydrogens is 496 g/mol. The fourth-order valence-electron chi connectivity index (χ4n) is 4.05. The number of nitrogens with zero attached hydrogens (tertiary/aromatic N) is 5. The van der Waals surface area contributed by atoms with Crippen LogP contribution in [0.4, 0.5) is 5.95 Å². The van der Waals surface area contributed by atoms with Gasteiger partial charge in [-0.05, 0) is 65.9 Å². The smallest absolute Gasteiger partial charge is 0.240 e. The van der Waals surface area contributed by atoms with Gasteiger partial charge >= 0.3 is 0 Å². The minimum atomic E-state index is -1.03. The molecule has 0 spiro atoms. The van der Waals surface area contributed by atoms with Crippen LogP contribution in [0.2, 0.25) is 5.02 Å². The Morgan fingerprint density at radius 1 is 1.47 bits per heavy atom. The second-order valence-corrected chi connectivity index (χ2v) is 9.21. The van der Waals surface area contributed by atoms with Gasteiger partial charge in [0.25, 0.3) is 0 Å². The molecule has 1 aliphatic carbocycles. The highest BCUT2D eigenvalue weighted by molar-refractivity contribution is 9.10. The fourth-order valence-corrected chi connectivity index (χ4v) is 4.72. The lowest BCUT2D eigenvalue weighted by Crippen LogP contribution is -2.37. The predicted octanol–water partition coefficient (Wildman–Crippen LogP) is 3.47. The van der Waals surface area contributed by atoms with Gasteiger partial charge in [0.05, 0.1) is 17.1 Å². The third kappa shape index (κ3) is 4.03. The molecule has 166 valence electrons. The van der Waals surface area contributed by atoms with Crippen LogP contribution in [0.5, 0.6) is 0 Å². The number of hydrogen-bond donors (Lipinski definition) is 3. The Morgan fingerprint density at radius 2 is 2.25 bits per heavy atom. The summed E-state index contributed by atoms with van der Waals surface area (Å²) < 4.78 is 2.29. The second-order valence-electron chi connectivity index (χ2n) is 8.02. The van der Waals surface area contributed by atoms with Crippen LogP contribution in [-0.4, -0.2) is 38.7 Å². The molecular formula is C21H22BrClN8O. The number of nitrogens with one attached hydrogen (secondary N) is 2. The first-order valence-electron chi connectivity index (χ1n) is 10.1. The van der Waals surface area contributed by atoms with E-state index in [4.69, 9.17) is 17.3 Å². The Labute approximate surface area is 198 Å². The van der Waals surface area contributed by atoms with Gasteiger partial charge < -0.3 is 16.4 Å². The Morgan fingerprint density at radius 3 is 2.94 bits per heavy atom. The zero-order valence-electron chi connectivity index (χ0n) is 17.6. The van der Waals surface area contributed by atoms with Crippen molar-refractivity contribution in [2.45, 2.75) is 38.3 Å². The Hall–Kier alpha value is -2.74. The van der Waals surface area contributed by atoms with Gasteiger partial charge in [0, 0.05) is 30.4 Å². The Balaban J connectivity index is 1.67. The number of hydrogen-bond acceptors (Lipinski definition) is 7. The SMILES string of the molecule is CNC(=O)C1(C#N)CC[C@@H](Nc2ncc3c(Br)nn(-c4cc(Cl)cc(C(C)N)c4)c3n2)C1. The van der Waals surface area contributed by atoms with Crippen molar-refractivity contribution in [2.75, 3.05) is 12.4 Å². The summed E-state index contributed by atoms with van der Waals surface area (Å²) in [5.74, 6) is 0.143. The molecule has 9 nitrogen and oxygen atoms in total. The average Bonchev–Trinajstić information content (AvgIpc) is 3.34. The summed E-state index contributed by atoms with van der Waals surface area (Å²) in [7, 11) is 1.55. The van der Waals surface area contributed by atoms with E-state index in [-0.39, 0.29) is 18.0 Å². The molecule has 4 rings (SSSR count). The molecule has 2 aromatic heterocycles. The van der Waals surface area contributed by atoms with Crippen molar-refractivity contribution < 1.29 is 4.79 Å². The van der Waals surface area contributed by atoms with Crippen LogP contribution in [0, 0.1) is 16.7 Å². The molecule has 1 fully saturated rings. The van der Waals surface area contributed by atoms with Crippen LogP contribution in [0.1, 0.15) is 37.8 Å². The number of anilines is 1. The van der Waals surface area contributed by atoms with Gasteiger partial charge in [-0.25, -0.2) is 9.67 Å². The number of carbonyl (C=O) groups is 1. The van der Waals surface area contributed by atoms with E-state index in [0.29, 0.717) is 40.5 Å². The van der Waals surface area contributed by atoms with Gasteiger partial charge in [0.1, 0.15) is 10.0 Å². The molecule has 3 aromatic rings. The van der Waals surface area contributed by atoms with Crippen LogP contribution < -0.4 is 16.4 Å². The fraction of sp³-hybridized carbons (Fsp3) is 0.381. The lowest BCUT2D eigenvalue weighted by atomic mass is 9.87. The minimum absolute atomic E-state index is 0.0972. The van der Waals surface area contributed by atoms with E-state index in [1.165, 1.54) is 0 Å². The molecule has 0 radical (unpaired) electrons. The first-order chi connectivity index (χ1) is 15.3. The number of benzene rings is 1. The van der Waals surface area contributed by atoms with Gasteiger partial charge in [-0.15, -0.1) is 0 Å². The summed E-state index contributed by atoms with van der Waals surface area (Å²) >= 11 is 9.78. The molecule has 32 heavy (non-hydrogen) atoms. The third-order valence-corrected chi connectivity index (χ3v) is 6.58. The lowest BCUT2D eigenvalue weighted by molar-refractivity contribution is -0.127. The number of nitrogens with two attached hydrogens (primary N) is 1. The molecule has 2 unspecified atom stereocenters. The number of aromatic nitrogens is 4.